The molecular weight excluding hydrogens is 509 g/mol. The summed E-state index contributed by atoms with van der Waals surface area (Å²) in [4.78, 5) is 15.3. The van der Waals surface area contributed by atoms with Crippen LogP contribution in [0.4, 0.5) is 4.39 Å². The summed E-state index contributed by atoms with van der Waals surface area (Å²) in [6.07, 6.45) is 4.14. The van der Waals surface area contributed by atoms with Crippen LogP contribution in [0.1, 0.15) is 57.2 Å². The van der Waals surface area contributed by atoms with E-state index in [0.29, 0.717) is 21.7 Å². The fourth-order valence-electron chi connectivity index (χ4n) is 4.05. The third-order valence-electron chi connectivity index (χ3n) is 6.14. The molecule has 14 heteroatoms. The molecule has 11 nitrogen and oxygen atoms in total. The number of nitrogens with zero attached hydrogens (tertiary/aromatic N) is 7. The molecule has 192 valence electrons. The Balaban J connectivity index is 1.22. The van der Waals surface area contributed by atoms with Crippen LogP contribution in [-0.2, 0) is 9.84 Å². The van der Waals surface area contributed by atoms with E-state index in [0.717, 1.165) is 38.0 Å². The number of sulfone groups is 1. The molecule has 1 atom stereocenters. The zero-order valence-electron chi connectivity index (χ0n) is 20.3. The van der Waals surface area contributed by atoms with Crippen molar-refractivity contribution in [2.75, 3.05) is 19.3 Å². The molecule has 0 N–H and O–H groups in total. The van der Waals surface area contributed by atoms with Gasteiger partial charge < -0.3 is 9.26 Å². The number of likely N-dealkylation sites (tertiary alicyclic amines) is 1. The Kier molecular flexibility index (Phi) is 6.51. The first-order valence-electron chi connectivity index (χ1n) is 11.6. The summed E-state index contributed by atoms with van der Waals surface area (Å²) in [6, 6.07) is 2.61. The van der Waals surface area contributed by atoms with Gasteiger partial charge in [-0.1, -0.05) is 19.0 Å². The summed E-state index contributed by atoms with van der Waals surface area (Å²) < 4.78 is 50.7. The van der Waals surface area contributed by atoms with Crippen LogP contribution >= 0.6 is 11.3 Å². The van der Waals surface area contributed by atoms with Gasteiger partial charge >= 0.3 is 0 Å². The van der Waals surface area contributed by atoms with Gasteiger partial charge in [0, 0.05) is 31.2 Å². The van der Waals surface area contributed by atoms with Gasteiger partial charge in [-0.3, -0.25) is 4.90 Å². The van der Waals surface area contributed by atoms with Crippen molar-refractivity contribution in [3.63, 3.8) is 0 Å². The number of hydrogen-bond donors (Lipinski definition) is 0. The lowest BCUT2D eigenvalue weighted by Crippen LogP contribution is -2.42. The van der Waals surface area contributed by atoms with Crippen LogP contribution < -0.4 is 4.74 Å². The number of imidazole rings is 1. The molecule has 4 aromatic rings. The maximum Gasteiger partial charge on any atom is 0.295 e. The third kappa shape index (κ3) is 4.97. The van der Waals surface area contributed by atoms with E-state index in [-0.39, 0.29) is 28.7 Å². The van der Waals surface area contributed by atoms with E-state index >= 15 is 0 Å². The zero-order chi connectivity index (χ0) is 25.6. The van der Waals surface area contributed by atoms with Gasteiger partial charge in [0.1, 0.15) is 0 Å². The van der Waals surface area contributed by atoms with Crippen molar-refractivity contribution in [1.82, 2.24) is 34.6 Å². The number of aromatic nitrogens is 6. The van der Waals surface area contributed by atoms with Crippen LogP contribution in [0.5, 0.6) is 5.19 Å². The van der Waals surface area contributed by atoms with Crippen molar-refractivity contribution in [3.05, 3.63) is 36.0 Å². The highest BCUT2D eigenvalue weighted by Crippen LogP contribution is 2.31. The highest BCUT2D eigenvalue weighted by atomic mass is 32.2. The summed E-state index contributed by atoms with van der Waals surface area (Å²) in [5.41, 5.74) is 0.405. The Bertz CT molecular complexity index is 1460. The Morgan fingerprint density at radius 3 is 2.53 bits per heavy atom. The normalized spacial score (nSPS) is 16.7. The van der Waals surface area contributed by atoms with Crippen LogP contribution in [0.3, 0.4) is 0 Å². The van der Waals surface area contributed by atoms with Gasteiger partial charge in [-0.2, -0.15) is 9.37 Å². The number of rotatable bonds is 7. The number of hydrogen-bond acceptors (Lipinski definition) is 11. The van der Waals surface area contributed by atoms with E-state index in [1.165, 1.54) is 28.0 Å². The minimum Gasteiger partial charge on any atom is -0.450 e. The molecule has 1 saturated heterocycles. The number of fused-ring (bicyclic) bond motifs is 1. The molecule has 36 heavy (non-hydrogen) atoms. The standard InChI is InChI=1S/C22H26FN7O4S2/c1-12(2)19-26-20(34-28-19)14-7-9-29(10-8-14)13(3)33-22-27-30-11-16(24-21(30)35-22)15-5-6-17(25-18(15)23)36(4,31)32/h5-6,11-14H,7-10H2,1-4H3/t13-/m1/s1. The van der Waals surface area contributed by atoms with E-state index in [1.807, 2.05) is 20.8 Å². The molecule has 0 saturated carbocycles. The molecule has 0 amide bonds. The summed E-state index contributed by atoms with van der Waals surface area (Å²) >= 11 is 1.24. The highest BCUT2D eigenvalue weighted by molar-refractivity contribution is 7.90. The lowest BCUT2D eigenvalue weighted by Gasteiger charge is -2.34. The summed E-state index contributed by atoms with van der Waals surface area (Å²) in [6.45, 7) is 7.71. The van der Waals surface area contributed by atoms with Crippen molar-refractivity contribution >= 4 is 26.1 Å². The quantitative estimate of drug-likeness (QED) is 0.324. The molecule has 0 spiro atoms. The van der Waals surface area contributed by atoms with Crippen molar-refractivity contribution in [2.24, 2.45) is 0 Å². The summed E-state index contributed by atoms with van der Waals surface area (Å²) in [7, 11) is -3.60. The Morgan fingerprint density at radius 2 is 1.92 bits per heavy atom. The van der Waals surface area contributed by atoms with Crippen LogP contribution in [-0.4, -0.2) is 68.6 Å². The van der Waals surface area contributed by atoms with Crippen molar-refractivity contribution < 1.29 is 22.1 Å². The zero-order valence-corrected chi connectivity index (χ0v) is 21.9. The lowest BCUT2D eigenvalue weighted by atomic mass is 9.96. The third-order valence-corrected chi connectivity index (χ3v) is 7.94. The van der Waals surface area contributed by atoms with Gasteiger partial charge in [-0.25, -0.2) is 22.9 Å². The highest BCUT2D eigenvalue weighted by Gasteiger charge is 2.29. The molecule has 0 aromatic carbocycles. The number of piperidine rings is 1. The Hall–Kier alpha value is -2.97. The van der Waals surface area contributed by atoms with Crippen LogP contribution in [0.2, 0.25) is 0 Å². The summed E-state index contributed by atoms with van der Waals surface area (Å²) in [5, 5.41) is 8.61. The van der Waals surface area contributed by atoms with Gasteiger partial charge in [0.15, 0.2) is 26.9 Å². The molecule has 1 aliphatic rings. The SMILES string of the molecule is CC(C)c1noc(C2CCN([C@@H](C)Oc3nn4cc(-c5ccc(S(C)(=O)=O)nc5F)nc4s3)CC2)n1. The van der Waals surface area contributed by atoms with Gasteiger partial charge in [-0.05, 0) is 43.2 Å². The van der Waals surface area contributed by atoms with E-state index in [2.05, 4.69) is 30.1 Å². The van der Waals surface area contributed by atoms with Crippen LogP contribution in [0.15, 0.2) is 27.9 Å². The Labute approximate surface area is 211 Å². The van der Waals surface area contributed by atoms with E-state index in [9.17, 15) is 12.8 Å². The van der Waals surface area contributed by atoms with Crippen molar-refractivity contribution in [2.45, 2.75) is 56.7 Å². The molecule has 0 unspecified atom stereocenters. The largest absolute Gasteiger partial charge is 0.450 e. The first-order chi connectivity index (χ1) is 17.1. The fraction of sp³-hybridized carbons (Fsp3) is 0.500. The second-order valence-electron chi connectivity index (χ2n) is 9.15. The maximum atomic E-state index is 14.4. The molecule has 4 aromatic heterocycles. The average Bonchev–Trinajstić information content (AvgIpc) is 3.54. The van der Waals surface area contributed by atoms with Crippen molar-refractivity contribution in [1.29, 1.82) is 0 Å². The molecule has 1 aliphatic heterocycles. The minimum absolute atomic E-state index is 0.0977. The van der Waals surface area contributed by atoms with Crippen LogP contribution in [0.25, 0.3) is 16.2 Å². The smallest absolute Gasteiger partial charge is 0.295 e. The first-order valence-corrected chi connectivity index (χ1v) is 14.3. The van der Waals surface area contributed by atoms with Gasteiger partial charge in [0.25, 0.3) is 5.19 Å². The van der Waals surface area contributed by atoms with E-state index < -0.39 is 15.8 Å². The number of ether oxygens (including phenoxy) is 1. The van der Waals surface area contributed by atoms with Gasteiger partial charge in [0.2, 0.25) is 16.8 Å². The van der Waals surface area contributed by atoms with Gasteiger partial charge in [0.05, 0.1) is 17.5 Å². The van der Waals surface area contributed by atoms with E-state index in [1.54, 1.807) is 6.20 Å². The molecule has 5 heterocycles. The predicted octanol–water partition coefficient (Wildman–Crippen LogP) is 3.51. The predicted molar refractivity (Wildman–Crippen MR) is 129 cm³/mol. The molecule has 1 fully saturated rings. The van der Waals surface area contributed by atoms with E-state index in [4.69, 9.17) is 9.26 Å². The minimum atomic E-state index is -3.60. The van der Waals surface area contributed by atoms with Gasteiger partial charge in [-0.15, -0.1) is 5.10 Å². The Morgan fingerprint density at radius 1 is 1.17 bits per heavy atom. The molecule has 0 radical (unpaired) electrons. The monoisotopic (exact) mass is 535 g/mol. The number of pyridine rings is 1. The molecular formula is C22H26FN7O4S2. The second kappa shape index (κ2) is 9.48. The fourth-order valence-corrected chi connectivity index (χ4v) is 5.42. The number of halogens is 1. The molecule has 5 rings (SSSR count). The molecule has 0 bridgehead atoms. The summed E-state index contributed by atoms with van der Waals surface area (Å²) in [5.74, 6) is 1.03. The average molecular weight is 536 g/mol. The lowest BCUT2D eigenvalue weighted by molar-refractivity contribution is 0.0191. The van der Waals surface area contributed by atoms with Crippen LogP contribution in [0, 0.1) is 5.95 Å². The maximum absolute atomic E-state index is 14.4. The second-order valence-corrected chi connectivity index (χ2v) is 12.0. The molecule has 0 aliphatic carbocycles. The topological polar surface area (TPSA) is 129 Å². The van der Waals surface area contributed by atoms with Crippen molar-refractivity contribution in [3.8, 4) is 16.5 Å². The first kappa shape index (κ1) is 24.7.